The summed E-state index contributed by atoms with van der Waals surface area (Å²) in [7, 11) is 1.66. The summed E-state index contributed by atoms with van der Waals surface area (Å²) in [5.74, 6) is 0.876. The van der Waals surface area contributed by atoms with Crippen molar-refractivity contribution in [3.8, 4) is 5.75 Å². The molecule has 0 saturated heterocycles. The van der Waals surface area contributed by atoms with Crippen LogP contribution in [0.5, 0.6) is 5.75 Å². The van der Waals surface area contributed by atoms with Gasteiger partial charge in [0.1, 0.15) is 5.75 Å². The molecule has 0 aromatic heterocycles. The van der Waals surface area contributed by atoms with Gasteiger partial charge in [-0.25, -0.2) is 0 Å². The molecule has 1 aromatic rings. The average molecular weight is 289 g/mol. The number of methoxy groups -OCH3 is 1. The summed E-state index contributed by atoms with van der Waals surface area (Å²) in [4.78, 5) is 0. The molecule has 0 spiro atoms. The number of rotatable bonds is 3. The maximum absolute atomic E-state index is 5.79. The summed E-state index contributed by atoms with van der Waals surface area (Å²) in [6.45, 7) is 3.65. The number of ether oxygens (including phenoxy) is 1. The molecule has 0 amide bonds. The minimum atomic E-state index is -0.0978. The maximum Gasteiger partial charge on any atom is 0.132 e. The average Bonchev–Trinajstić information content (AvgIpc) is 2.16. The van der Waals surface area contributed by atoms with Gasteiger partial charge in [0.15, 0.2) is 0 Å². The van der Waals surface area contributed by atoms with Crippen LogP contribution in [0.2, 0.25) is 0 Å². The lowest BCUT2D eigenvalue weighted by atomic mass is 10.1. The Bertz CT molecular complexity index is 312. The van der Waals surface area contributed by atoms with Gasteiger partial charge >= 0.3 is 0 Å². The van der Waals surface area contributed by atoms with Gasteiger partial charge < -0.3 is 10.5 Å². The van der Waals surface area contributed by atoms with Crippen molar-refractivity contribution in [1.82, 2.24) is 0 Å². The third-order valence-corrected chi connectivity index (χ3v) is 2.66. The molecule has 70 valence electrons. The molecule has 0 bridgehead atoms. The molecule has 3 heteroatoms. The molecule has 0 saturated carbocycles. The van der Waals surface area contributed by atoms with Gasteiger partial charge in [0.2, 0.25) is 0 Å². The van der Waals surface area contributed by atoms with Crippen LogP contribution in [0.4, 0.5) is 0 Å². The van der Waals surface area contributed by atoms with E-state index in [-0.39, 0.29) is 6.04 Å². The van der Waals surface area contributed by atoms with Crippen molar-refractivity contribution in [3.05, 3.63) is 40.0 Å². The molecular formula is C10H12INO. The monoisotopic (exact) mass is 289 g/mol. The smallest absolute Gasteiger partial charge is 0.132 e. The van der Waals surface area contributed by atoms with Crippen LogP contribution in [0, 0.1) is 3.57 Å². The first-order valence-electron chi connectivity index (χ1n) is 3.90. The summed E-state index contributed by atoms with van der Waals surface area (Å²) in [5.41, 5.74) is 6.85. The van der Waals surface area contributed by atoms with Gasteiger partial charge in [0.25, 0.3) is 0 Å². The van der Waals surface area contributed by atoms with E-state index in [0.717, 1.165) is 14.9 Å². The van der Waals surface area contributed by atoms with E-state index in [1.807, 2.05) is 18.2 Å². The standard InChI is InChI=1S/C10H12INO/c1-3-9(12)7-4-5-10(13-2)8(11)6-7/h3-6,9H,1,12H2,2H3/t9-/m0/s1. The van der Waals surface area contributed by atoms with Gasteiger partial charge in [-0.2, -0.15) is 0 Å². The molecule has 0 unspecified atom stereocenters. The summed E-state index contributed by atoms with van der Waals surface area (Å²) in [5, 5.41) is 0. The Hall–Kier alpha value is -0.550. The molecule has 1 atom stereocenters. The zero-order chi connectivity index (χ0) is 9.84. The Morgan fingerprint density at radius 2 is 2.31 bits per heavy atom. The van der Waals surface area contributed by atoms with E-state index < -0.39 is 0 Å². The van der Waals surface area contributed by atoms with Crippen LogP contribution in [-0.2, 0) is 0 Å². The number of hydrogen-bond donors (Lipinski definition) is 1. The topological polar surface area (TPSA) is 35.2 Å². The van der Waals surface area contributed by atoms with Crippen LogP contribution in [0.15, 0.2) is 30.9 Å². The zero-order valence-electron chi connectivity index (χ0n) is 7.46. The molecule has 0 fully saturated rings. The Balaban J connectivity index is 3.02. The van der Waals surface area contributed by atoms with Crippen LogP contribution in [0.1, 0.15) is 11.6 Å². The third-order valence-electron chi connectivity index (χ3n) is 1.81. The van der Waals surface area contributed by atoms with Gasteiger partial charge in [0, 0.05) is 6.04 Å². The maximum atomic E-state index is 5.79. The lowest BCUT2D eigenvalue weighted by Gasteiger charge is -2.09. The molecule has 0 heterocycles. The summed E-state index contributed by atoms with van der Waals surface area (Å²) in [6.07, 6.45) is 1.72. The fraction of sp³-hybridized carbons (Fsp3) is 0.200. The van der Waals surface area contributed by atoms with E-state index in [4.69, 9.17) is 10.5 Å². The van der Waals surface area contributed by atoms with Crippen molar-refractivity contribution in [2.24, 2.45) is 5.73 Å². The fourth-order valence-electron chi connectivity index (χ4n) is 1.03. The highest BCUT2D eigenvalue weighted by Gasteiger charge is 2.04. The molecule has 0 aliphatic heterocycles. The van der Waals surface area contributed by atoms with Crippen LogP contribution < -0.4 is 10.5 Å². The first-order valence-corrected chi connectivity index (χ1v) is 4.98. The molecular weight excluding hydrogens is 277 g/mol. The Kier molecular flexibility index (Phi) is 3.74. The molecule has 0 aliphatic carbocycles. The summed E-state index contributed by atoms with van der Waals surface area (Å²) < 4.78 is 6.20. The zero-order valence-corrected chi connectivity index (χ0v) is 9.61. The highest BCUT2D eigenvalue weighted by molar-refractivity contribution is 14.1. The largest absolute Gasteiger partial charge is 0.496 e. The van der Waals surface area contributed by atoms with E-state index >= 15 is 0 Å². The second-order valence-corrected chi connectivity index (χ2v) is 3.82. The minimum Gasteiger partial charge on any atom is -0.496 e. The highest BCUT2D eigenvalue weighted by atomic mass is 127. The minimum absolute atomic E-state index is 0.0978. The van der Waals surface area contributed by atoms with E-state index in [2.05, 4.69) is 29.2 Å². The predicted octanol–water partition coefficient (Wildman–Crippen LogP) is 2.49. The SMILES string of the molecule is C=C[C@H](N)c1ccc(OC)c(I)c1. The summed E-state index contributed by atoms with van der Waals surface area (Å²) >= 11 is 2.22. The van der Waals surface area contributed by atoms with Gasteiger partial charge in [-0.3, -0.25) is 0 Å². The normalized spacial score (nSPS) is 12.2. The van der Waals surface area contributed by atoms with Crippen LogP contribution in [0.3, 0.4) is 0 Å². The van der Waals surface area contributed by atoms with Gasteiger partial charge in [-0.15, -0.1) is 6.58 Å². The quantitative estimate of drug-likeness (QED) is 0.685. The first-order chi connectivity index (χ1) is 6.19. The van der Waals surface area contributed by atoms with E-state index in [9.17, 15) is 0 Å². The van der Waals surface area contributed by atoms with Gasteiger partial charge in [0.05, 0.1) is 10.7 Å². The summed E-state index contributed by atoms with van der Waals surface area (Å²) in [6, 6.07) is 5.78. The number of benzene rings is 1. The third kappa shape index (κ3) is 2.45. The molecule has 2 nitrogen and oxygen atoms in total. The van der Waals surface area contributed by atoms with Crippen molar-refractivity contribution < 1.29 is 4.74 Å². The van der Waals surface area contributed by atoms with E-state index in [1.54, 1.807) is 13.2 Å². The number of hydrogen-bond acceptors (Lipinski definition) is 2. The second kappa shape index (κ2) is 4.62. The predicted molar refractivity (Wildman–Crippen MR) is 62.8 cm³/mol. The second-order valence-electron chi connectivity index (χ2n) is 2.66. The van der Waals surface area contributed by atoms with Crippen LogP contribution in [0.25, 0.3) is 0 Å². The molecule has 0 radical (unpaired) electrons. The lowest BCUT2D eigenvalue weighted by molar-refractivity contribution is 0.411. The molecule has 1 aromatic carbocycles. The van der Waals surface area contributed by atoms with Crippen molar-refractivity contribution in [2.75, 3.05) is 7.11 Å². The molecule has 2 N–H and O–H groups in total. The van der Waals surface area contributed by atoms with Gasteiger partial charge in [-0.1, -0.05) is 12.1 Å². The van der Waals surface area contributed by atoms with E-state index in [0.29, 0.717) is 0 Å². The molecule has 0 aliphatic rings. The Morgan fingerprint density at radius 1 is 1.62 bits per heavy atom. The fourth-order valence-corrected chi connectivity index (χ4v) is 1.79. The van der Waals surface area contributed by atoms with Crippen LogP contribution >= 0.6 is 22.6 Å². The van der Waals surface area contributed by atoms with Crippen molar-refractivity contribution in [3.63, 3.8) is 0 Å². The van der Waals surface area contributed by atoms with Gasteiger partial charge in [-0.05, 0) is 40.3 Å². The number of nitrogens with two attached hydrogens (primary N) is 1. The van der Waals surface area contributed by atoms with Crippen molar-refractivity contribution >= 4 is 22.6 Å². The Labute approximate surface area is 91.9 Å². The first kappa shape index (κ1) is 10.5. The van der Waals surface area contributed by atoms with E-state index in [1.165, 1.54) is 0 Å². The van der Waals surface area contributed by atoms with Crippen molar-refractivity contribution in [1.29, 1.82) is 0 Å². The molecule has 1 rings (SSSR count). The van der Waals surface area contributed by atoms with Crippen molar-refractivity contribution in [2.45, 2.75) is 6.04 Å². The van der Waals surface area contributed by atoms with Crippen LogP contribution in [-0.4, -0.2) is 7.11 Å². The number of halogens is 1. The lowest BCUT2D eigenvalue weighted by Crippen LogP contribution is -2.06. The Morgan fingerprint density at radius 3 is 2.77 bits per heavy atom. The highest BCUT2D eigenvalue weighted by Crippen LogP contribution is 2.24. The molecule has 13 heavy (non-hydrogen) atoms.